The third-order valence-corrected chi connectivity index (χ3v) is 5.14. The number of imidazole rings is 1. The van der Waals surface area contributed by atoms with Crippen molar-refractivity contribution in [1.82, 2.24) is 24.8 Å². The first-order chi connectivity index (χ1) is 14.0. The fraction of sp³-hybridized carbons (Fsp3) is 0.550. The molecule has 1 N–H and O–H groups in total. The standard InChI is InChI=1S/C18H25N5.C2HF3O/c1-2-11-22(10-1)12-13-23-14-17(15-5-8-19-9-6-15)21-18(23)16-4-3-7-20-16;3-2(4,5)1-6/h5-6,8-9,14,16,20H,1-4,7,10-13H2;1H/t16-;/m0./s1. The minimum atomic E-state index is -4.64. The highest BCUT2D eigenvalue weighted by atomic mass is 19.4. The molecule has 0 bridgehead atoms. The van der Waals surface area contributed by atoms with Crippen LogP contribution in [0, 0.1) is 0 Å². The molecule has 0 saturated carbocycles. The molecule has 2 fully saturated rings. The Morgan fingerprint density at radius 3 is 2.41 bits per heavy atom. The summed E-state index contributed by atoms with van der Waals surface area (Å²) in [6.07, 6.45) is 5.34. The second-order valence-corrected chi connectivity index (χ2v) is 7.27. The van der Waals surface area contributed by atoms with E-state index in [2.05, 4.69) is 26.0 Å². The van der Waals surface area contributed by atoms with Gasteiger partial charge in [0.15, 0.2) is 0 Å². The second-order valence-electron chi connectivity index (χ2n) is 7.27. The largest absolute Gasteiger partial charge is 0.446 e. The van der Waals surface area contributed by atoms with Gasteiger partial charge >= 0.3 is 6.18 Å². The molecule has 0 unspecified atom stereocenters. The fourth-order valence-electron chi connectivity index (χ4n) is 3.71. The Hall–Kier alpha value is -2.26. The average molecular weight is 409 g/mol. The first-order valence-electron chi connectivity index (χ1n) is 9.92. The predicted octanol–water partition coefficient (Wildman–Crippen LogP) is 3.21. The van der Waals surface area contributed by atoms with Gasteiger partial charge in [-0.05, 0) is 57.5 Å². The number of hydrogen-bond donors (Lipinski definition) is 1. The number of rotatable bonds is 5. The van der Waals surface area contributed by atoms with Gasteiger partial charge in [0, 0.05) is 37.2 Å². The Balaban J connectivity index is 0.000000353. The zero-order chi connectivity index (χ0) is 20.7. The SMILES string of the molecule is O=CC(F)(F)F.c1cc(-c2cn(CCN3CCCC3)c([C@@H]3CCCN3)n2)ccn1. The van der Waals surface area contributed by atoms with Crippen LogP contribution in [-0.4, -0.2) is 58.1 Å². The number of nitrogens with one attached hydrogen (secondary N) is 1. The van der Waals surface area contributed by atoms with Gasteiger partial charge < -0.3 is 14.8 Å². The Kier molecular flexibility index (Phi) is 7.38. The summed E-state index contributed by atoms with van der Waals surface area (Å²) < 4.78 is 33.6. The van der Waals surface area contributed by atoms with Crippen molar-refractivity contribution in [3.05, 3.63) is 36.5 Å². The minimum absolute atomic E-state index is 0.407. The molecule has 2 aromatic heterocycles. The van der Waals surface area contributed by atoms with E-state index in [0.29, 0.717) is 6.04 Å². The molecule has 0 aliphatic carbocycles. The van der Waals surface area contributed by atoms with Gasteiger partial charge in [0.2, 0.25) is 6.29 Å². The van der Waals surface area contributed by atoms with Crippen LogP contribution in [-0.2, 0) is 11.3 Å². The third kappa shape index (κ3) is 6.37. The van der Waals surface area contributed by atoms with E-state index in [0.717, 1.165) is 30.9 Å². The number of aromatic nitrogens is 3. The Morgan fingerprint density at radius 2 is 1.83 bits per heavy atom. The molecule has 6 nitrogen and oxygen atoms in total. The molecule has 4 rings (SSSR count). The van der Waals surface area contributed by atoms with Crippen LogP contribution in [0.1, 0.15) is 37.5 Å². The quantitative estimate of drug-likeness (QED) is 0.769. The number of carbonyl (C=O) groups is 1. The fourth-order valence-corrected chi connectivity index (χ4v) is 3.71. The van der Waals surface area contributed by atoms with E-state index in [1.165, 1.54) is 44.6 Å². The van der Waals surface area contributed by atoms with Crippen molar-refractivity contribution in [2.75, 3.05) is 26.2 Å². The molecule has 158 valence electrons. The van der Waals surface area contributed by atoms with E-state index < -0.39 is 12.5 Å². The normalized spacial score (nSPS) is 19.8. The number of carbonyl (C=O) groups excluding carboxylic acids is 1. The molecule has 2 aliphatic rings. The first kappa shape index (κ1) is 21.4. The van der Waals surface area contributed by atoms with Crippen LogP contribution >= 0.6 is 0 Å². The number of pyridine rings is 1. The van der Waals surface area contributed by atoms with Crippen molar-refractivity contribution in [3.63, 3.8) is 0 Å². The van der Waals surface area contributed by atoms with Crippen LogP contribution < -0.4 is 5.32 Å². The van der Waals surface area contributed by atoms with Crippen LogP contribution in [0.25, 0.3) is 11.3 Å². The zero-order valence-corrected chi connectivity index (χ0v) is 16.2. The lowest BCUT2D eigenvalue weighted by Crippen LogP contribution is -2.26. The van der Waals surface area contributed by atoms with E-state index in [1.54, 1.807) is 0 Å². The van der Waals surface area contributed by atoms with Gasteiger partial charge in [-0.2, -0.15) is 13.2 Å². The van der Waals surface area contributed by atoms with Crippen molar-refractivity contribution in [1.29, 1.82) is 0 Å². The van der Waals surface area contributed by atoms with Crippen LogP contribution in [0.2, 0.25) is 0 Å². The van der Waals surface area contributed by atoms with E-state index in [4.69, 9.17) is 9.78 Å². The smallest absolute Gasteiger partial charge is 0.332 e. The molecule has 2 saturated heterocycles. The van der Waals surface area contributed by atoms with Gasteiger partial charge in [-0.1, -0.05) is 0 Å². The highest BCUT2D eigenvalue weighted by Crippen LogP contribution is 2.26. The summed E-state index contributed by atoms with van der Waals surface area (Å²) in [6.45, 7) is 5.78. The topological polar surface area (TPSA) is 63.1 Å². The molecular weight excluding hydrogens is 383 g/mol. The van der Waals surface area contributed by atoms with Crippen LogP contribution in [0.4, 0.5) is 13.2 Å². The second kappa shape index (κ2) is 9.98. The van der Waals surface area contributed by atoms with Gasteiger partial charge in [0.05, 0.1) is 11.7 Å². The van der Waals surface area contributed by atoms with Gasteiger partial charge in [0.1, 0.15) is 5.82 Å². The molecule has 2 aromatic rings. The van der Waals surface area contributed by atoms with Crippen LogP contribution in [0.5, 0.6) is 0 Å². The summed E-state index contributed by atoms with van der Waals surface area (Å²) in [5.41, 5.74) is 2.22. The van der Waals surface area contributed by atoms with Gasteiger partial charge in [0.25, 0.3) is 0 Å². The predicted molar refractivity (Wildman–Crippen MR) is 103 cm³/mol. The van der Waals surface area contributed by atoms with Crippen molar-refractivity contribution in [3.8, 4) is 11.3 Å². The molecule has 2 aliphatic heterocycles. The van der Waals surface area contributed by atoms with E-state index in [-0.39, 0.29) is 0 Å². The number of hydrogen-bond acceptors (Lipinski definition) is 5. The Morgan fingerprint density at radius 1 is 1.14 bits per heavy atom. The van der Waals surface area contributed by atoms with Gasteiger partial charge in [-0.3, -0.25) is 9.78 Å². The maximum atomic E-state index is 10.4. The third-order valence-electron chi connectivity index (χ3n) is 5.14. The lowest BCUT2D eigenvalue weighted by atomic mass is 10.2. The maximum absolute atomic E-state index is 10.4. The summed E-state index contributed by atoms with van der Waals surface area (Å²) in [4.78, 5) is 20.3. The average Bonchev–Trinajstić information content (AvgIpc) is 3.48. The molecule has 9 heteroatoms. The van der Waals surface area contributed by atoms with Gasteiger partial charge in [-0.15, -0.1) is 0 Å². The highest BCUT2D eigenvalue weighted by molar-refractivity contribution is 5.57. The molecule has 0 spiro atoms. The number of aldehydes is 1. The summed E-state index contributed by atoms with van der Waals surface area (Å²) >= 11 is 0. The summed E-state index contributed by atoms with van der Waals surface area (Å²) in [6, 6.07) is 4.49. The van der Waals surface area contributed by atoms with Crippen molar-refractivity contribution < 1.29 is 18.0 Å². The van der Waals surface area contributed by atoms with Crippen molar-refractivity contribution in [2.24, 2.45) is 0 Å². The minimum Gasteiger partial charge on any atom is -0.332 e. The lowest BCUT2D eigenvalue weighted by Gasteiger charge is -2.17. The number of nitrogens with zero attached hydrogens (tertiary/aromatic N) is 4. The Bertz CT molecular complexity index is 766. The molecule has 0 radical (unpaired) electrons. The van der Waals surface area contributed by atoms with E-state index in [9.17, 15) is 13.2 Å². The van der Waals surface area contributed by atoms with Crippen LogP contribution in [0.15, 0.2) is 30.7 Å². The van der Waals surface area contributed by atoms with Gasteiger partial charge in [-0.25, -0.2) is 4.98 Å². The van der Waals surface area contributed by atoms with E-state index in [1.807, 2.05) is 24.5 Å². The lowest BCUT2D eigenvalue weighted by molar-refractivity contribution is -0.156. The molecular formula is C20H26F3N5O. The monoisotopic (exact) mass is 409 g/mol. The first-order valence-corrected chi connectivity index (χ1v) is 9.92. The highest BCUT2D eigenvalue weighted by Gasteiger charge is 2.25. The van der Waals surface area contributed by atoms with Crippen molar-refractivity contribution in [2.45, 2.75) is 44.4 Å². The van der Waals surface area contributed by atoms with Crippen molar-refractivity contribution >= 4 is 6.29 Å². The van der Waals surface area contributed by atoms with Crippen LogP contribution in [0.3, 0.4) is 0 Å². The molecule has 0 amide bonds. The number of alkyl halides is 3. The van der Waals surface area contributed by atoms with E-state index >= 15 is 0 Å². The summed E-state index contributed by atoms with van der Waals surface area (Å²) in [5, 5.41) is 3.60. The zero-order valence-electron chi connectivity index (χ0n) is 16.2. The maximum Gasteiger partial charge on any atom is 0.446 e. The molecule has 4 heterocycles. The molecule has 29 heavy (non-hydrogen) atoms. The summed E-state index contributed by atoms with van der Waals surface area (Å²) in [5.74, 6) is 1.20. The summed E-state index contributed by atoms with van der Waals surface area (Å²) in [7, 11) is 0. The number of halogens is 3. The molecule has 1 atom stereocenters. The molecule has 0 aromatic carbocycles. The Labute approximate surface area is 168 Å². The number of likely N-dealkylation sites (tertiary alicyclic amines) is 1.